The van der Waals surface area contributed by atoms with Gasteiger partial charge in [0.25, 0.3) is 0 Å². The number of aliphatic carboxylic acids is 2. The number of carboxylic acids is 2. The van der Waals surface area contributed by atoms with Crippen molar-refractivity contribution in [3.05, 3.63) is 0 Å². The molecule has 2 aliphatic rings. The molecule has 0 aromatic rings. The number of nitrogens with one attached hydrogen (secondary N) is 3. The van der Waals surface area contributed by atoms with Crippen molar-refractivity contribution in [2.24, 2.45) is 5.73 Å². The SMILES string of the molecule is NC(=O)CC(NC(=O)C(CC(=O)O)NC(=O)C1CCCN1C(=O)C1CCCN1)C(=O)O. The molecule has 0 aromatic carbocycles. The van der Waals surface area contributed by atoms with Crippen molar-refractivity contribution in [1.29, 1.82) is 0 Å². The van der Waals surface area contributed by atoms with Crippen LogP contribution in [0.2, 0.25) is 0 Å². The summed E-state index contributed by atoms with van der Waals surface area (Å²) in [6.45, 7) is 1.07. The molecule has 0 bridgehead atoms. The van der Waals surface area contributed by atoms with Crippen LogP contribution in [0, 0.1) is 0 Å². The molecule has 4 atom stereocenters. The van der Waals surface area contributed by atoms with E-state index in [1.54, 1.807) is 0 Å². The first-order chi connectivity index (χ1) is 14.6. The van der Waals surface area contributed by atoms with E-state index < -0.39 is 60.6 Å². The zero-order chi connectivity index (χ0) is 23.1. The molecule has 0 spiro atoms. The molecule has 31 heavy (non-hydrogen) atoms. The van der Waals surface area contributed by atoms with Gasteiger partial charge in [0.2, 0.25) is 23.6 Å². The van der Waals surface area contributed by atoms with Gasteiger partial charge in [0.05, 0.1) is 18.9 Å². The van der Waals surface area contributed by atoms with Crippen LogP contribution in [0.4, 0.5) is 0 Å². The molecule has 7 N–H and O–H groups in total. The Morgan fingerprint density at radius 1 is 1.00 bits per heavy atom. The summed E-state index contributed by atoms with van der Waals surface area (Å²) in [5, 5.41) is 25.6. The lowest BCUT2D eigenvalue weighted by Gasteiger charge is -2.28. The molecule has 172 valence electrons. The molecule has 13 heteroatoms. The predicted molar refractivity (Wildman–Crippen MR) is 103 cm³/mol. The molecule has 0 aromatic heterocycles. The summed E-state index contributed by atoms with van der Waals surface area (Å²) < 4.78 is 0. The third-order valence-electron chi connectivity index (χ3n) is 5.23. The van der Waals surface area contributed by atoms with E-state index in [-0.39, 0.29) is 11.9 Å². The summed E-state index contributed by atoms with van der Waals surface area (Å²) in [5.74, 6) is -5.93. The van der Waals surface area contributed by atoms with Crippen molar-refractivity contribution in [3.8, 4) is 0 Å². The van der Waals surface area contributed by atoms with Crippen LogP contribution in [0.15, 0.2) is 0 Å². The first-order valence-corrected chi connectivity index (χ1v) is 9.97. The van der Waals surface area contributed by atoms with Crippen LogP contribution in [-0.4, -0.2) is 87.9 Å². The molecule has 4 unspecified atom stereocenters. The highest BCUT2D eigenvalue weighted by Crippen LogP contribution is 2.21. The van der Waals surface area contributed by atoms with Gasteiger partial charge in [-0.15, -0.1) is 0 Å². The van der Waals surface area contributed by atoms with E-state index in [9.17, 15) is 28.8 Å². The van der Waals surface area contributed by atoms with Gasteiger partial charge in [-0.2, -0.15) is 0 Å². The number of hydrogen-bond acceptors (Lipinski definition) is 7. The van der Waals surface area contributed by atoms with E-state index in [1.165, 1.54) is 4.90 Å². The Hall–Kier alpha value is -3.22. The van der Waals surface area contributed by atoms with Crippen molar-refractivity contribution in [1.82, 2.24) is 20.9 Å². The summed E-state index contributed by atoms with van der Waals surface area (Å²) >= 11 is 0. The molecule has 4 amide bonds. The highest BCUT2D eigenvalue weighted by Gasteiger charge is 2.39. The number of carbonyl (C=O) groups is 6. The Kier molecular flexibility index (Phi) is 8.30. The molecule has 2 rings (SSSR count). The van der Waals surface area contributed by atoms with Gasteiger partial charge in [0.1, 0.15) is 18.1 Å². The van der Waals surface area contributed by atoms with Gasteiger partial charge in [-0.3, -0.25) is 24.0 Å². The van der Waals surface area contributed by atoms with Gasteiger partial charge in [0.15, 0.2) is 0 Å². The lowest BCUT2D eigenvalue weighted by molar-refractivity contribution is -0.145. The molecule has 0 saturated carbocycles. The molecule has 2 fully saturated rings. The standard InChI is InChI=1S/C18H27N5O8/c19-13(24)7-11(18(30)31)22-15(27)10(8-14(25)26)21-16(28)12-4-2-6-23(12)17(29)9-3-1-5-20-9/h9-12,20H,1-8H2,(H2,19,24)(H,21,28)(H,22,27)(H,25,26)(H,30,31). The second-order valence-electron chi connectivity index (χ2n) is 7.57. The molecular formula is C18H27N5O8. The summed E-state index contributed by atoms with van der Waals surface area (Å²) in [6, 6.07) is -4.50. The average Bonchev–Trinajstić information content (AvgIpc) is 3.37. The monoisotopic (exact) mass is 441 g/mol. The Bertz CT molecular complexity index is 751. The topological polar surface area (TPSA) is 208 Å². The van der Waals surface area contributed by atoms with Crippen molar-refractivity contribution in [2.45, 2.75) is 62.7 Å². The third-order valence-corrected chi connectivity index (χ3v) is 5.23. The van der Waals surface area contributed by atoms with Gasteiger partial charge in [-0.1, -0.05) is 0 Å². The van der Waals surface area contributed by atoms with Crippen molar-refractivity contribution < 1.29 is 39.0 Å². The summed E-state index contributed by atoms with van der Waals surface area (Å²) in [5.41, 5.74) is 4.96. The Balaban J connectivity index is 2.07. The normalized spacial score (nSPS) is 22.4. The Morgan fingerprint density at radius 3 is 2.26 bits per heavy atom. The highest BCUT2D eigenvalue weighted by molar-refractivity contribution is 5.96. The lowest BCUT2D eigenvalue weighted by Crippen LogP contribution is -2.57. The van der Waals surface area contributed by atoms with E-state index in [0.29, 0.717) is 32.4 Å². The first kappa shape index (κ1) is 24.1. The van der Waals surface area contributed by atoms with Gasteiger partial charge >= 0.3 is 11.9 Å². The van der Waals surface area contributed by atoms with Crippen LogP contribution in [0.1, 0.15) is 38.5 Å². The van der Waals surface area contributed by atoms with Crippen LogP contribution >= 0.6 is 0 Å². The largest absolute Gasteiger partial charge is 0.481 e. The highest BCUT2D eigenvalue weighted by atomic mass is 16.4. The first-order valence-electron chi connectivity index (χ1n) is 9.97. The number of carboxylic acid groups (broad SMARTS) is 2. The number of nitrogens with zero attached hydrogens (tertiary/aromatic N) is 1. The maximum Gasteiger partial charge on any atom is 0.326 e. The van der Waals surface area contributed by atoms with Crippen molar-refractivity contribution in [2.75, 3.05) is 13.1 Å². The molecular weight excluding hydrogens is 414 g/mol. The van der Waals surface area contributed by atoms with E-state index in [0.717, 1.165) is 6.42 Å². The Morgan fingerprint density at radius 2 is 1.71 bits per heavy atom. The van der Waals surface area contributed by atoms with Crippen LogP contribution in [0.25, 0.3) is 0 Å². The van der Waals surface area contributed by atoms with Gasteiger partial charge in [-0.25, -0.2) is 4.79 Å². The molecule has 0 aliphatic carbocycles. The summed E-state index contributed by atoms with van der Waals surface area (Å²) in [7, 11) is 0. The van der Waals surface area contributed by atoms with Crippen LogP contribution < -0.4 is 21.7 Å². The van der Waals surface area contributed by atoms with Crippen molar-refractivity contribution in [3.63, 3.8) is 0 Å². The van der Waals surface area contributed by atoms with Crippen molar-refractivity contribution >= 4 is 35.6 Å². The molecule has 13 nitrogen and oxygen atoms in total. The zero-order valence-corrected chi connectivity index (χ0v) is 16.8. The quantitative estimate of drug-likeness (QED) is 0.206. The molecule has 2 aliphatic heterocycles. The fraction of sp³-hybridized carbons (Fsp3) is 0.667. The minimum absolute atomic E-state index is 0.221. The average molecular weight is 441 g/mol. The second-order valence-corrected chi connectivity index (χ2v) is 7.57. The Labute approximate surface area is 177 Å². The predicted octanol–water partition coefficient (Wildman–Crippen LogP) is -2.87. The van der Waals surface area contributed by atoms with E-state index in [4.69, 9.17) is 15.9 Å². The number of rotatable bonds is 10. The lowest BCUT2D eigenvalue weighted by atomic mass is 10.1. The number of primary amides is 1. The van der Waals surface area contributed by atoms with Gasteiger partial charge in [-0.05, 0) is 32.2 Å². The number of amides is 4. The number of likely N-dealkylation sites (tertiary alicyclic amines) is 1. The fourth-order valence-corrected chi connectivity index (χ4v) is 3.72. The fourth-order valence-electron chi connectivity index (χ4n) is 3.72. The van der Waals surface area contributed by atoms with E-state index in [1.807, 2.05) is 5.32 Å². The minimum atomic E-state index is -1.67. The van der Waals surface area contributed by atoms with Crippen LogP contribution in [0.5, 0.6) is 0 Å². The zero-order valence-electron chi connectivity index (χ0n) is 16.8. The number of carbonyl (C=O) groups excluding carboxylic acids is 4. The smallest absolute Gasteiger partial charge is 0.326 e. The third kappa shape index (κ3) is 6.64. The van der Waals surface area contributed by atoms with Gasteiger partial charge < -0.3 is 36.8 Å². The minimum Gasteiger partial charge on any atom is -0.481 e. The number of hydrogen-bond donors (Lipinski definition) is 6. The van der Waals surface area contributed by atoms with Gasteiger partial charge in [0, 0.05) is 6.54 Å². The maximum absolute atomic E-state index is 12.8. The summed E-state index contributed by atoms with van der Waals surface area (Å²) in [6.07, 6.45) is 0.915. The van der Waals surface area contributed by atoms with Crippen LogP contribution in [-0.2, 0) is 28.8 Å². The van der Waals surface area contributed by atoms with E-state index >= 15 is 0 Å². The maximum atomic E-state index is 12.8. The molecule has 0 radical (unpaired) electrons. The second kappa shape index (κ2) is 10.7. The molecule has 2 heterocycles. The van der Waals surface area contributed by atoms with E-state index in [2.05, 4.69) is 10.6 Å². The molecule has 2 saturated heterocycles. The summed E-state index contributed by atoms with van der Waals surface area (Å²) in [4.78, 5) is 72.7. The number of nitrogens with two attached hydrogens (primary N) is 1. The van der Waals surface area contributed by atoms with Crippen LogP contribution in [0.3, 0.4) is 0 Å².